The van der Waals surface area contributed by atoms with E-state index in [9.17, 15) is 19.2 Å². The van der Waals surface area contributed by atoms with Gasteiger partial charge in [0.25, 0.3) is 5.91 Å². The third-order valence-electron chi connectivity index (χ3n) is 8.23. The molecule has 1 fully saturated rings. The molecule has 4 aromatic carbocycles. The molecule has 2 atom stereocenters. The quantitative estimate of drug-likeness (QED) is 0.372. The molecule has 7 heteroatoms. The van der Waals surface area contributed by atoms with E-state index in [1.165, 1.54) is 29.2 Å². The second kappa shape index (κ2) is 8.49. The lowest BCUT2D eigenvalue weighted by atomic mass is 9.55. The third kappa shape index (κ3) is 3.36. The number of hydrogen-bond donors (Lipinski definition) is 2. The van der Waals surface area contributed by atoms with Gasteiger partial charge in [0.15, 0.2) is 0 Å². The highest BCUT2D eigenvalue weighted by Gasteiger charge is 2.61. The number of carboxylic acid groups (broad SMARTS) is 1. The van der Waals surface area contributed by atoms with E-state index < -0.39 is 17.8 Å². The summed E-state index contributed by atoms with van der Waals surface area (Å²) in [5, 5.41) is 11.8. The number of imide groups is 1. The standard InChI is InChI=1S/C32H22N2O5/c35-29(33-19-13-9-18(10-14-19)32(38)39)17-11-15-20(16-12-17)34-30(36)27-25-21-5-1-2-6-22(21)26(28(27)31(34)37)24-8-4-3-7-23(24)25/h1-16,25-28H,(H,33,35)(H,38,39)/t25?,26?,27-,28-/m0/s1. The summed E-state index contributed by atoms with van der Waals surface area (Å²) in [6.07, 6.45) is 0. The Bertz CT molecular complexity index is 1580. The topological polar surface area (TPSA) is 104 Å². The lowest BCUT2D eigenvalue weighted by Crippen LogP contribution is -2.41. The van der Waals surface area contributed by atoms with E-state index in [4.69, 9.17) is 5.11 Å². The van der Waals surface area contributed by atoms with E-state index in [1.807, 2.05) is 24.3 Å². The minimum absolute atomic E-state index is 0.123. The Morgan fingerprint density at radius 2 is 1.05 bits per heavy atom. The van der Waals surface area contributed by atoms with Crippen LogP contribution < -0.4 is 10.2 Å². The van der Waals surface area contributed by atoms with Crippen LogP contribution in [0.3, 0.4) is 0 Å². The lowest BCUT2D eigenvalue weighted by Gasteiger charge is -2.45. The summed E-state index contributed by atoms with van der Waals surface area (Å²) >= 11 is 0. The Balaban J connectivity index is 1.18. The zero-order chi connectivity index (χ0) is 26.8. The first-order valence-corrected chi connectivity index (χ1v) is 12.7. The highest BCUT2D eigenvalue weighted by molar-refractivity contribution is 6.23. The molecule has 1 aliphatic heterocycles. The minimum atomic E-state index is -1.05. The number of carbonyl (C=O) groups is 4. The monoisotopic (exact) mass is 514 g/mol. The largest absolute Gasteiger partial charge is 0.478 e. The predicted octanol–water partition coefficient (Wildman–Crippen LogP) is 5.03. The summed E-state index contributed by atoms with van der Waals surface area (Å²) in [7, 11) is 0. The van der Waals surface area contributed by atoms with Gasteiger partial charge in [0.1, 0.15) is 0 Å². The molecule has 4 aromatic rings. The van der Waals surface area contributed by atoms with E-state index >= 15 is 0 Å². The number of anilines is 2. The van der Waals surface area contributed by atoms with Crippen molar-refractivity contribution in [1.29, 1.82) is 0 Å². The number of carboxylic acids is 1. The first-order chi connectivity index (χ1) is 18.9. The van der Waals surface area contributed by atoms with E-state index in [0.717, 1.165) is 22.3 Å². The summed E-state index contributed by atoms with van der Waals surface area (Å²) in [5.74, 6) is -3.14. The normalized spacial score (nSPS) is 22.2. The van der Waals surface area contributed by atoms with Crippen molar-refractivity contribution in [3.63, 3.8) is 0 Å². The van der Waals surface area contributed by atoms with Gasteiger partial charge in [-0.15, -0.1) is 0 Å². The molecule has 3 aliphatic carbocycles. The van der Waals surface area contributed by atoms with Crippen molar-refractivity contribution in [2.75, 3.05) is 10.2 Å². The number of carbonyl (C=O) groups excluding carboxylic acids is 3. The first kappa shape index (κ1) is 23.1. The molecule has 2 bridgehead atoms. The summed E-state index contributed by atoms with van der Waals surface area (Å²) in [4.78, 5) is 52.9. The average Bonchev–Trinajstić information content (AvgIpc) is 3.23. The van der Waals surface area contributed by atoms with Crippen molar-refractivity contribution >= 4 is 35.1 Å². The van der Waals surface area contributed by atoms with Gasteiger partial charge in [-0.25, -0.2) is 9.69 Å². The van der Waals surface area contributed by atoms with Crippen LogP contribution in [0.5, 0.6) is 0 Å². The van der Waals surface area contributed by atoms with Crippen molar-refractivity contribution in [3.05, 3.63) is 130 Å². The van der Waals surface area contributed by atoms with E-state index in [0.29, 0.717) is 16.9 Å². The summed E-state index contributed by atoms with van der Waals surface area (Å²) in [6, 6.07) is 28.5. The number of aromatic carboxylic acids is 1. The smallest absolute Gasteiger partial charge is 0.335 e. The zero-order valence-electron chi connectivity index (χ0n) is 20.6. The Morgan fingerprint density at radius 1 is 0.615 bits per heavy atom. The van der Waals surface area contributed by atoms with Gasteiger partial charge >= 0.3 is 5.97 Å². The van der Waals surface area contributed by atoms with Gasteiger partial charge in [-0.2, -0.15) is 0 Å². The zero-order valence-corrected chi connectivity index (χ0v) is 20.6. The molecule has 3 amide bonds. The third-order valence-corrected chi connectivity index (χ3v) is 8.23. The molecular weight excluding hydrogens is 492 g/mol. The molecule has 39 heavy (non-hydrogen) atoms. The minimum Gasteiger partial charge on any atom is -0.478 e. The maximum absolute atomic E-state index is 13.9. The van der Waals surface area contributed by atoms with E-state index in [-0.39, 0.29) is 35.1 Å². The Kier molecular flexibility index (Phi) is 5.03. The Morgan fingerprint density at radius 3 is 1.49 bits per heavy atom. The molecule has 0 aromatic heterocycles. The fourth-order valence-electron chi connectivity index (χ4n) is 6.59. The maximum atomic E-state index is 13.9. The molecule has 0 radical (unpaired) electrons. The van der Waals surface area contributed by atoms with Crippen molar-refractivity contribution < 1.29 is 24.3 Å². The van der Waals surface area contributed by atoms with Gasteiger partial charge in [-0.3, -0.25) is 14.4 Å². The number of nitrogens with zero attached hydrogens (tertiary/aromatic N) is 1. The highest BCUT2D eigenvalue weighted by atomic mass is 16.4. The Hall–Kier alpha value is -5.04. The van der Waals surface area contributed by atoms with Gasteiger partial charge < -0.3 is 10.4 Å². The molecule has 8 rings (SSSR count). The van der Waals surface area contributed by atoms with Crippen molar-refractivity contribution in [3.8, 4) is 0 Å². The number of amides is 3. The molecule has 0 unspecified atom stereocenters. The summed E-state index contributed by atoms with van der Waals surface area (Å²) in [5.41, 5.74) is 5.84. The maximum Gasteiger partial charge on any atom is 0.335 e. The number of benzene rings is 4. The van der Waals surface area contributed by atoms with Crippen molar-refractivity contribution in [2.45, 2.75) is 11.8 Å². The molecule has 0 spiro atoms. The van der Waals surface area contributed by atoms with Gasteiger partial charge in [0.2, 0.25) is 11.8 Å². The molecule has 1 saturated heterocycles. The van der Waals surface area contributed by atoms with Gasteiger partial charge in [0, 0.05) is 23.1 Å². The van der Waals surface area contributed by atoms with Crippen LogP contribution >= 0.6 is 0 Å². The SMILES string of the molecule is O=C(O)c1ccc(NC(=O)c2ccc(N3C(=O)[C@H]4C5c6ccccc6C(c6ccccc65)[C@@H]4C3=O)cc2)cc1. The van der Waals surface area contributed by atoms with Crippen LogP contribution in [0.25, 0.3) is 0 Å². The average molecular weight is 515 g/mol. The van der Waals surface area contributed by atoms with Crippen LogP contribution in [0.1, 0.15) is 54.8 Å². The van der Waals surface area contributed by atoms with Gasteiger partial charge in [-0.05, 0) is 70.8 Å². The molecule has 190 valence electrons. The molecule has 7 nitrogen and oxygen atoms in total. The van der Waals surface area contributed by atoms with Crippen LogP contribution in [0.15, 0.2) is 97.1 Å². The van der Waals surface area contributed by atoms with E-state index in [1.54, 1.807) is 24.3 Å². The fourth-order valence-corrected chi connectivity index (χ4v) is 6.59. The second-order valence-corrected chi connectivity index (χ2v) is 10.2. The van der Waals surface area contributed by atoms with Crippen LogP contribution in [0.2, 0.25) is 0 Å². The lowest BCUT2D eigenvalue weighted by molar-refractivity contribution is -0.122. The van der Waals surface area contributed by atoms with E-state index in [2.05, 4.69) is 29.6 Å². The van der Waals surface area contributed by atoms with Crippen LogP contribution in [-0.4, -0.2) is 28.8 Å². The number of nitrogens with one attached hydrogen (secondary N) is 1. The number of rotatable bonds is 4. The van der Waals surface area contributed by atoms with Gasteiger partial charge in [0.05, 0.1) is 23.1 Å². The summed E-state index contributed by atoms with van der Waals surface area (Å²) < 4.78 is 0. The summed E-state index contributed by atoms with van der Waals surface area (Å²) in [6.45, 7) is 0. The van der Waals surface area contributed by atoms with Crippen LogP contribution in [0.4, 0.5) is 11.4 Å². The Labute approximate surface area is 223 Å². The van der Waals surface area contributed by atoms with Gasteiger partial charge in [-0.1, -0.05) is 48.5 Å². The molecule has 2 N–H and O–H groups in total. The molecule has 0 saturated carbocycles. The molecule has 1 heterocycles. The molecule has 4 aliphatic rings. The fraction of sp³-hybridized carbons (Fsp3) is 0.125. The second-order valence-electron chi connectivity index (χ2n) is 10.2. The first-order valence-electron chi connectivity index (χ1n) is 12.7. The van der Waals surface area contributed by atoms with Crippen molar-refractivity contribution in [2.24, 2.45) is 11.8 Å². The predicted molar refractivity (Wildman–Crippen MR) is 144 cm³/mol. The number of hydrogen-bond acceptors (Lipinski definition) is 4. The van der Waals surface area contributed by atoms with Crippen molar-refractivity contribution in [1.82, 2.24) is 0 Å². The molecular formula is C32H22N2O5. The highest BCUT2D eigenvalue weighted by Crippen LogP contribution is 2.61. The van der Waals surface area contributed by atoms with Crippen LogP contribution in [-0.2, 0) is 9.59 Å². The van der Waals surface area contributed by atoms with Crippen LogP contribution in [0, 0.1) is 11.8 Å².